The summed E-state index contributed by atoms with van der Waals surface area (Å²) >= 11 is 8.26. The highest BCUT2D eigenvalue weighted by Gasteiger charge is 2.32. The predicted molar refractivity (Wildman–Crippen MR) is 158 cm³/mol. The van der Waals surface area contributed by atoms with E-state index in [4.69, 9.17) is 11.6 Å². The molecule has 2 aromatic rings. The molecule has 2 fully saturated rings. The lowest BCUT2D eigenvalue weighted by Gasteiger charge is -2.29. The van der Waals surface area contributed by atoms with Crippen molar-refractivity contribution in [3.63, 3.8) is 0 Å². The third-order valence-corrected chi connectivity index (χ3v) is 9.16. The van der Waals surface area contributed by atoms with Gasteiger partial charge in [0.25, 0.3) is 5.91 Å². The maximum Gasteiger partial charge on any atom is 0.251 e. The van der Waals surface area contributed by atoms with E-state index in [9.17, 15) is 9.59 Å². The molecule has 200 valence electrons. The number of amides is 2. The Morgan fingerprint density at radius 2 is 1.92 bits per heavy atom. The molecule has 2 aromatic carbocycles. The topological polar surface area (TPSA) is 64.7 Å². The standard InChI is InChI=1S/C29H38ClIN4O2/c1-2-21(22-8-4-3-5-9-22)20-35-17-12-24(19-32-28(36)23-10-11-25(30)26(31)18-23)33-27(29(35)37)13-16-34-14-6-7-15-34/h3-5,8-11,18,21,24,27,33H,2,6-7,12-17,19-20H2,1H3,(H,32,36)/t21-,24+,27+/m1/s1. The van der Waals surface area contributed by atoms with E-state index in [-0.39, 0.29) is 23.9 Å². The van der Waals surface area contributed by atoms with Crippen LogP contribution in [0.2, 0.25) is 5.02 Å². The Morgan fingerprint density at radius 1 is 1.16 bits per heavy atom. The summed E-state index contributed by atoms with van der Waals surface area (Å²) in [5.41, 5.74) is 1.88. The fraction of sp³-hybridized carbons (Fsp3) is 0.517. The SMILES string of the molecule is CC[C@H](CN1CC[C@@H](CNC(=O)c2ccc(Cl)c(I)c2)N[C@@H](CCN2CCCC2)C1=O)c1ccccc1. The number of likely N-dealkylation sites (tertiary alicyclic amines) is 1. The summed E-state index contributed by atoms with van der Waals surface area (Å²) in [6.45, 7) is 7.26. The molecule has 2 heterocycles. The molecule has 8 heteroatoms. The van der Waals surface area contributed by atoms with Gasteiger partial charge in [-0.15, -0.1) is 0 Å². The minimum Gasteiger partial charge on any atom is -0.350 e. The van der Waals surface area contributed by atoms with Gasteiger partial charge >= 0.3 is 0 Å². The highest BCUT2D eigenvalue weighted by molar-refractivity contribution is 14.1. The molecule has 2 aliphatic rings. The fourth-order valence-electron chi connectivity index (χ4n) is 5.37. The number of rotatable bonds is 10. The van der Waals surface area contributed by atoms with Gasteiger partial charge in [-0.3, -0.25) is 9.59 Å². The first-order chi connectivity index (χ1) is 17.9. The van der Waals surface area contributed by atoms with Crippen LogP contribution in [0.5, 0.6) is 0 Å². The molecule has 0 bridgehead atoms. The van der Waals surface area contributed by atoms with E-state index in [2.05, 4.69) is 74.2 Å². The second kappa shape index (κ2) is 13.9. The largest absolute Gasteiger partial charge is 0.350 e. The van der Waals surface area contributed by atoms with Crippen LogP contribution >= 0.6 is 34.2 Å². The lowest BCUT2D eigenvalue weighted by Crippen LogP contribution is -2.50. The Bertz CT molecular complexity index is 1050. The summed E-state index contributed by atoms with van der Waals surface area (Å²) in [4.78, 5) is 31.1. The molecule has 0 saturated carbocycles. The van der Waals surface area contributed by atoms with E-state index in [0.29, 0.717) is 29.6 Å². The maximum atomic E-state index is 13.8. The highest BCUT2D eigenvalue weighted by Crippen LogP contribution is 2.23. The van der Waals surface area contributed by atoms with Crippen molar-refractivity contribution in [3.8, 4) is 0 Å². The summed E-state index contributed by atoms with van der Waals surface area (Å²) < 4.78 is 0.853. The molecular weight excluding hydrogens is 599 g/mol. The molecule has 0 unspecified atom stereocenters. The van der Waals surface area contributed by atoms with Gasteiger partial charge < -0.3 is 20.4 Å². The first-order valence-electron chi connectivity index (χ1n) is 13.5. The van der Waals surface area contributed by atoms with Gasteiger partial charge in [-0.05, 0) is 91.5 Å². The van der Waals surface area contributed by atoms with Crippen LogP contribution in [0.15, 0.2) is 48.5 Å². The summed E-state index contributed by atoms with van der Waals surface area (Å²) in [5.74, 6) is 0.384. The molecule has 4 rings (SSSR count). The predicted octanol–water partition coefficient (Wildman–Crippen LogP) is 4.91. The zero-order valence-corrected chi connectivity index (χ0v) is 24.5. The zero-order chi connectivity index (χ0) is 26.2. The summed E-state index contributed by atoms with van der Waals surface area (Å²) in [6, 6.07) is 15.6. The lowest BCUT2D eigenvalue weighted by atomic mass is 9.95. The Labute approximate surface area is 239 Å². The maximum absolute atomic E-state index is 13.8. The smallest absolute Gasteiger partial charge is 0.251 e. The van der Waals surface area contributed by atoms with E-state index in [1.54, 1.807) is 18.2 Å². The van der Waals surface area contributed by atoms with Crippen molar-refractivity contribution in [2.24, 2.45) is 0 Å². The second-order valence-corrected chi connectivity index (χ2v) is 11.8. The van der Waals surface area contributed by atoms with Gasteiger partial charge in [0.1, 0.15) is 0 Å². The fourth-order valence-corrected chi connectivity index (χ4v) is 6.00. The van der Waals surface area contributed by atoms with Crippen molar-refractivity contribution < 1.29 is 9.59 Å². The van der Waals surface area contributed by atoms with Crippen LogP contribution in [0.25, 0.3) is 0 Å². The number of benzene rings is 2. The van der Waals surface area contributed by atoms with Crippen LogP contribution in [0.4, 0.5) is 0 Å². The van der Waals surface area contributed by atoms with Crippen molar-refractivity contribution in [2.75, 3.05) is 39.3 Å². The molecule has 0 aliphatic carbocycles. The molecule has 3 atom stereocenters. The van der Waals surface area contributed by atoms with Crippen LogP contribution < -0.4 is 10.6 Å². The van der Waals surface area contributed by atoms with E-state index in [1.165, 1.54) is 18.4 Å². The molecule has 0 aromatic heterocycles. The average molecular weight is 637 g/mol. The summed E-state index contributed by atoms with van der Waals surface area (Å²) in [6.07, 6.45) is 5.06. The van der Waals surface area contributed by atoms with Crippen molar-refractivity contribution in [3.05, 3.63) is 68.3 Å². The van der Waals surface area contributed by atoms with Gasteiger partial charge in [0.15, 0.2) is 0 Å². The first kappa shape index (κ1) is 28.3. The number of halogens is 2. The molecule has 2 N–H and O–H groups in total. The Hall–Kier alpha value is -1.68. The minimum atomic E-state index is -0.241. The van der Waals surface area contributed by atoms with E-state index in [0.717, 1.165) is 49.0 Å². The molecule has 2 amide bonds. The molecule has 0 radical (unpaired) electrons. The van der Waals surface area contributed by atoms with Gasteiger partial charge in [0.05, 0.1) is 11.1 Å². The van der Waals surface area contributed by atoms with Crippen LogP contribution in [-0.2, 0) is 4.79 Å². The number of hydrogen-bond acceptors (Lipinski definition) is 4. The summed E-state index contributed by atoms with van der Waals surface area (Å²) in [5, 5.41) is 7.34. The third-order valence-electron chi connectivity index (χ3n) is 7.62. The van der Waals surface area contributed by atoms with Crippen molar-refractivity contribution in [2.45, 2.75) is 57.0 Å². The average Bonchev–Trinajstić information content (AvgIpc) is 3.39. The van der Waals surface area contributed by atoms with Crippen LogP contribution in [0.1, 0.15) is 60.9 Å². The van der Waals surface area contributed by atoms with Gasteiger partial charge in [-0.1, -0.05) is 48.9 Å². The second-order valence-electron chi connectivity index (χ2n) is 10.2. The number of carbonyl (C=O) groups is 2. The van der Waals surface area contributed by atoms with Crippen LogP contribution in [-0.4, -0.2) is 73.0 Å². The lowest BCUT2D eigenvalue weighted by molar-refractivity contribution is -0.133. The highest BCUT2D eigenvalue weighted by atomic mass is 127. The van der Waals surface area contributed by atoms with Crippen molar-refractivity contribution in [1.82, 2.24) is 20.4 Å². The van der Waals surface area contributed by atoms with Crippen molar-refractivity contribution >= 4 is 46.0 Å². The zero-order valence-electron chi connectivity index (χ0n) is 21.6. The third kappa shape index (κ3) is 7.91. The normalized spacial score (nSPS) is 21.6. The minimum absolute atomic E-state index is 0.0321. The quantitative estimate of drug-likeness (QED) is 0.364. The monoisotopic (exact) mass is 636 g/mol. The molecular formula is C29H38ClIN4O2. The first-order valence-corrected chi connectivity index (χ1v) is 15.0. The number of nitrogens with zero attached hydrogens (tertiary/aromatic N) is 2. The molecule has 2 saturated heterocycles. The number of nitrogens with one attached hydrogen (secondary N) is 2. The Balaban J connectivity index is 1.43. The Morgan fingerprint density at radius 3 is 2.62 bits per heavy atom. The van der Waals surface area contributed by atoms with Gasteiger partial charge in [0, 0.05) is 47.3 Å². The van der Waals surface area contributed by atoms with E-state index < -0.39 is 0 Å². The molecule has 37 heavy (non-hydrogen) atoms. The number of carbonyl (C=O) groups excluding carboxylic acids is 2. The van der Waals surface area contributed by atoms with Gasteiger partial charge in [-0.2, -0.15) is 0 Å². The van der Waals surface area contributed by atoms with E-state index >= 15 is 0 Å². The Kier molecular flexibility index (Phi) is 10.7. The van der Waals surface area contributed by atoms with E-state index in [1.807, 2.05) is 6.07 Å². The van der Waals surface area contributed by atoms with Gasteiger partial charge in [0.2, 0.25) is 5.91 Å². The van der Waals surface area contributed by atoms with Crippen molar-refractivity contribution in [1.29, 1.82) is 0 Å². The van der Waals surface area contributed by atoms with Crippen LogP contribution in [0, 0.1) is 3.57 Å². The molecule has 2 aliphatic heterocycles. The van der Waals surface area contributed by atoms with Crippen LogP contribution in [0.3, 0.4) is 0 Å². The van der Waals surface area contributed by atoms with Gasteiger partial charge in [-0.25, -0.2) is 0 Å². The molecule has 6 nitrogen and oxygen atoms in total. The number of hydrogen-bond donors (Lipinski definition) is 2. The molecule has 0 spiro atoms. The summed E-state index contributed by atoms with van der Waals surface area (Å²) in [7, 11) is 0.